The lowest BCUT2D eigenvalue weighted by Crippen LogP contribution is -2.41. The first-order valence-electron chi connectivity index (χ1n) is 6.14. The molecule has 8 nitrogen and oxygen atoms in total. The highest BCUT2D eigenvalue weighted by molar-refractivity contribution is 5.93. The number of hydrogen-bond donors (Lipinski definition) is 3. The van der Waals surface area contributed by atoms with E-state index in [0.717, 1.165) is 0 Å². The molecule has 1 aromatic rings. The second-order valence-corrected chi connectivity index (χ2v) is 4.03. The molecule has 0 aliphatic heterocycles. The maximum absolute atomic E-state index is 11.9. The molecule has 0 saturated carbocycles. The number of benzene rings is 1. The van der Waals surface area contributed by atoms with Crippen LogP contribution in [0.4, 0.5) is 10.5 Å². The Balaban J connectivity index is 2.71. The smallest absolute Gasteiger partial charge is 0.323 e. The number of carbonyl (C=O) groups excluding carboxylic acids is 1. The van der Waals surface area contributed by atoms with Gasteiger partial charge in [0.1, 0.15) is 18.8 Å². The fourth-order valence-corrected chi connectivity index (χ4v) is 1.53. The maximum Gasteiger partial charge on any atom is 0.323 e. The van der Waals surface area contributed by atoms with Gasteiger partial charge < -0.3 is 25.2 Å². The van der Waals surface area contributed by atoms with Crippen molar-refractivity contribution in [3.63, 3.8) is 0 Å². The van der Waals surface area contributed by atoms with Crippen molar-refractivity contribution in [1.82, 2.24) is 4.90 Å². The summed E-state index contributed by atoms with van der Waals surface area (Å²) in [6.45, 7) is 0.951. The monoisotopic (exact) mass is 296 g/mol. The van der Waals surface area contributed by atoms with Gasteiger partial charge in [0.2, 0.25) is 0 Å². The highest BCUT2D eigenvalue weighted by atomic mass is 16.5. The largest absolute Gasteiger partial charge is 0.494 e. The second kappa shape index (κ2) is 7.73. The first-order valence-corrected chi connectivity index (χ1v) is 6.14. The molecule has 0 fully saturated rings. The minimum absolute atomic E-state index is 0.407. The summed E-state index contributed by atoms with van der Waals surface area (Å²) in [6, 6.07) is 5.62. The third-order valence-corrected chi connectivity index (χ3v) is 2.36. The van der Waals surface area contributed by atoms with Crippen molar-refractivity contribution in [2.24, 2.45) is 0 Å². The van der Waals surface area contributed by atoms with Gasteiger partial charge in [-0.05, 0) is 31.2 Å². The highest BCUT2D eigenvalue weighted by Crippen LogP contribution is 2.16. The van der Waals surface area contributed by atoms with Crippen molar-refractivity contribution in [1.29, 1.82) is 0 Å². The Morgan fingerprint density at radius 3 is 2.05 bits per heavy atom. The van der Waals surface area contributed by atoms with Crippen molar-refractivity contribution in [2.45, 2.75) is 6.92 Å². The van der Waals surface area contributed by atoms with Crippen molar-refractivity contribution < 1.29 is 29.3 Å². The zero-order valence-electron chi connectivity index (χ0n) is 11.4. The Morgan fingerprint density at radius 1 is 1.10 bits per heavy atom. The van der Waals surface area contributed by atoms with Gasteiger partial charge in [0.15, 0.2) is 0 Å². The number of carboxylic acid groups (broad SMARTS) is 2. The van der Waals surface area contributed by atoms with E-state index in [1.807, 2.05) is 6.92 Å². The molecule has 0 radical (unpaired) electrons. The number of nitrogens with zero attached hydrogens (tertiary/aromatic N) is 1. The number of rotatable bonds is 7. The molecule has 8 heteroatoms. The third-order valence-electron chi connectivity index (χ3n) is 2.36. The number of anilines is 1. The maximum atomic E-state index is 11.9. The topological polar surface area (TPSA) is 116 Å². The van der Waals surface area contributed by atoms with E-state index in [2.05, 4.69) is 5.32 Å². The molecular weight excluding hydrogens is 280 g/mol. The highest BCUT2D eigenvalue weighted by Gasteiger charge is 2.19. The summed E-state index contributed by atoms with van der Waals surface area (Å²) in [5, 5.41) is 19.8. The van der Waals surface area contributed by atoms with Gasteiger partial charge in [-0.1, -0.05) is 0 Å². The van der Waals surface area contributed by atoms with Crippen LogP contribution in [0.15, 0.2) is 24.3 Å². The van der Waals surface area contributed by atoms with E-state index in [1.54, 1.807) is 24.3 Å². The molecule has 0 heterocycles. The fourth-order valence-electron chi connectivity index (χ4n) is 1.53. The molecule has 1 rings (SSSR count). The predicted molar refractivity (Wildman–Crippen MR) is 73.5 cm³/mol. The van der Waals surface area contributed by atoms with Crippen LogP contribution < -0.4 is 10.1 Å². The molecule has 0 atom stereocenters. The summed E-state index contributed by atoms with van der Waals surface area (Å²) in [7, 11) is 0. The van der Waals surface area contributed by atoms with Crippen molar-refractivity contribution >= 4 is 23.7 Å². The number of hydrogen-bond acceptors (Lipinski definition) is 4. The number of carbonyl (C=O) groups is 3. The van der Waals surface area contributed by atoms with E-state index in [9.17, 15) is 14.4 Å². The minimum atomic E-state index is -1.29. The molecule has 0 aromatic heterocycles. The summed E-state index contributed by atoms with van der Waals surface area (Å²) in [5.74, 6) is -1.96. The van der Waals surface area contributed by atoms with E-state index in [1.165, 1.54) is 0 Å². The summed E-state index contributed by atoms with van der Waals surface area (Å²) in [4.78, 5) is 33.8. The van der Waals surface area contributed by atoms with E-state index >= 15 is 0 Å². The summed E-state index contributed by atoms with van der Waals surface area (Å²) in [6.07, 6.45) is 0. The standard InChI is InChI=1S/C13H16N2O6/c1-2-21-10-5-3-9(4-6-10)14-13(20)15(7-11(16)17)8-12(18)19/h3-6H,2,7-8H2,1H3,(H,14,20)(H,16,17)(H,18,19). The van der Waals surface area contributed by atoms with E-state index < -0.39 is 31.1 Å². The van der Waals surface area contributed by atoms with Gasteiger partial charge in [-0.25, -0.2) is 4.79 Å². The molecule has 2 amide bonds. The van der Waals surface area contributed by atoms with Gasteiger partial charge in [0.05, 0.1) is 6.61 Å². The Hall–Kier alpha value is -2.77. The molecule has 114 valence electrons. The van der Waals surface area contributed by atoms with Crippen LogP contribution in [0.1, 0.15) is 6.92 Å². The van der Waals surface area contributed by atoms with Gasteiger partial charge >= 0.3 is 18.0 Å². The van der Waals surface area contributed by atoms with Gasteiger partial charge in [-0.15, -0.1) is 0 Å². The van der Waals surface area contributed by atoms with Crippen molar-refractivity contribution in [3.8, 4) is 5.75 Å². The molecule has 0 saturated heterocycles. The second-order valence-electron chi connectivity index (χ2n) is 4.03. The van der Waals surface area contributed by atoms with E-state index in [0.29, 0.717) is 22.9 Å². The van der Waals surface area contributed by atoms with Crippen LogP contribution in [0.25, 0.3) is 0 Å². The molecular formula is C13H16N2O6. The third kappa shape index (κ3) is 5.81. The number of urea groups is 1. The Bertz CT molecular complexity index is 498. The van der Waals surface area contributed by atoms with Crippen LogP contribution in [-0.2, 0) is 9.59 Å². The lowest BCUT2D eigenvalue weighted by molar-refractivity contribution is -0.140. The summed E-state index contributed by atoms with van der Waals surface area (Å²) in [5.41, 5.74) is 0.407. The Kier molecular flexibility index (Phi) is 5.99. The van der Waals surface area contributed by atoms with Crippen molar-refractivity contribution in [3.05, 3.63) is 24.3 Å². The van der Waals surface area contributed by atoms with E-state index in [4.69, 9.17) is 14.9 Å². The van der Waals surface area contributed by atoms with Crippen molar-refractivity contribution in [2.75, 3.05) is 25.0 Å². The average molecular weight is 296 g/mol. The molecule has 3 N–H and O–H groups in total. The van der Waals surface area contributed by atoms with Crippen LogP contribution in [-0.4, -0.2) is 52.8 Å². The zero-order chi connectivity index (χ0) is 15.8. The van der Waals surface area contributed by atoms with Gasteiger partial charge in [0.25, 0.3) is 0 Å². The molecule has 21 heavy (non-hydrogen) atoms. The molecule has 0 aliphatic rings. The molecule has 0 spiro atoms. The molecule has 0 unspecified atom stereocenters. The number of ether oxygens (including phenoxy) is 1. The fraction of sp³-hybridized carbons (Fsp3) is 0.308. The Labute approximate surface area is 120 Å². The van der Waals surface area contributed by atoms with Crippen LogP contribution in [0.3, 0.4) is 0 Å². The quantitative estimate of drug-likeness (QED) is 0.693. The van der Waals surface area contributed by atoms with Crippen LogP contribution in [0.2, 0.25) is 0 Å². The average Bonchev–Trinajstić information content (AvgIpc) is 2.39. The summed E-state index contributed by atoms with van der Waals surface area (Å²) >= 11 is 0. The van der Waals surface area contributed by atoms with Crippen LogP contribution in [0.5, 0.6) is 5.75 Å². The summed E-state index contributed by atoms with van der Waals surface area (Å²) < 4.78 is 5.24. The normalized spacial score (nSPS) is 9.76. The number of nitrogens with one attached hydrogen (secondary N) is 1. The first-order chi connectivity index (χ1) is 9.92. The Morgan fingerprint density at radius 2 is 1.62 bits per heavy atom. The predicted octanol–water partition coefficient (Wildman–Crippen LogP) is 1.09. The number of amides is 2. The van der Waals surface area contributed by atoms with E-state index in [-0.39, 0.29) is 0 Å². The molecule has 0 aliphatic carbocycles. The minimum Gasteiger partial charge on any atom is -0.494 e. The zero-order valence-corrected chi connectivity index (χ0v) is 11.4. The first kappa shape index (κ1) is 16.3. The van der Waals surface area contributed by atoms with Crippen LogP contribution >= 0.6 is 0 Å². The lowest BCUT2D eigenvalue weighted by atomic mass is 10.3. The van der Waals surface area contributed by atoms with Gasteiger partial charge in [0, 0.05) is 5.69 Å². The lowest BCUT2D eigenvalue weighted by Gasteiger charge is -2.19. The number of aliphatic carboxylic acids is 2. The SMILES string of the molecule is CCOc1ccc(NC(=O)N(CC(=O)O)CC(=O)O)cc1. The van der Waals surface area contributed by atoms with Crippen LogP contribution in [0, 0.1) is 0 Å². The number of carboxylic acids is 2. The van der Waals surface area contributed by atoms with Gasteiger partial charge in [-0.2, -0.15) is 0 Å². The van der Waals surface area contributed by atoms with Gasteiger partial charge in [-0.3, -0.25) is 9.59 Å². The molecule has 0 bridgehead atoms. The molecule has 1 aromatic carbocycles.